The van der Waals surface area contributed by atoms with E-state index in [2.05, 4.69) is 12.5 Å². The van der Waals surface area contributed by atoms with Crippen molar-refractivity contribution in [3.05, 3.63) is 34.7 Å². The topological polar surface area (TPSA) is 20.2 Å². The molecule has 9 heteroatoms. The van der Waals surface area contributed by atoms with Gasteiger partial charge in [-0.2, -0.15) is 0 Å². The molecule has 114 valence electrons. The third-order valence-electron chi connectivity index (χ3n) is 2.42. The predicted octanol–water partition coefficient (Wildman–Crippen LogP) is 4.00. The second kappa shape index (κ2) is 5.56. The van der Waals surface area contributed by atoms with Crippen LogP contribution in [0.25, 0.3) is 0 Å². The van der Waals surface area contributed by atoms with Crippen LogP contribution in [-0.2, 0) is 10.9 Å². The molecule has 0 radical (unpaired) electrons. The first kappa shape index (κ1) is 17.3. The number of phenols is 1. The van der Waals surface area contributed by atoms with Gasteiger partial charge in [0.25, 0.3) is 0 Å². The van der Waals surface area contributed by atoms with Crippen LogP contribution < -0.4 is 0 Å². The monoisotopic (exact) mass is 381 g/mol. The van der Waals surface area contributed by atoms with E-state index in [-0.39, 0.29) is 0 Å². The van der Waals surface area contributed by atoms with E-state index in [4.69, 9.17) is 5.11 Å². The minimum atomic E-state index is -8.02. The van der Waals surface area contributed by atoms with Gasteiger partial charge in [0.2, 0.25) is 0 Å². The van der Waals surface area contributed by atoms with Gasteiger partial charge in [-0.1, -0.05) is 0 Å². The predicted molar refractivity (Wildman–Crippen MR) is 68.8 cm³/mol. The molecule has 0 saturated heterocycles. The van der Waals surface area contributed by atoms with Crippen molar-refractivity contribution < 1.29 is 28.7 Å². The standard InChI is InChI=1S/C8H10OS.C3HAsF6/c1-10(2)8-5-3-7(9)4-6-8;5-1-2(6)4(8,9,10)3(1)7/h3-6H,1-2H3;2H/p+1. The summed E-state index contributed by atoms with van der Waals surface area (Å²) in [6, 6.07) is 7.36. The van der Waals surface area contributed by atoms with Gasteiger partial charge in [0, 0.05) is 10.9 Å². The Labute approximate surface area is 116 Å². The first-order valence-electron chi connectivity index (χ1n) is 5.19. The number of phenolic OH excluding ortho intramolecular Hbond substituents is 1. The van der Waals surface area contributed by atoms with E-state index < -0.39 is 29.3 Å². The van der Waals surface area contributed by atoms with Gasteiger partial charge in [-0.3, -0.25) is 0 Å². The molecule has 1 aromatic carbocycles. The van der Waals surface area contributed by atoms with Crippen LogP contribution in [0.3, 0.4) is 0 Å². The SMILES string of the molecule is C[S+](C)c1ccc(O)cc1.FC1=C(F)[As](F)(F)(F)C1F. The van der Waals surface area contributed by atoms with Crippen molar-refractivity contribution >= 4 is 24.8 Å². The Balaban J connectivity index is 0.000000200. The Morgan fingerprint density at radius 3 is 1.75 bits per heavy atom. The van der Waals surface area contributed by atoms with Gasteiger partial charge in [0.1, 0.15) is 18.3 Å². The summed E-state index contributed by atoms with van der Waals surface area (Å²) < 4.78 is 67.0. The second-order valence-electron chi connectivity index (χ2n) is 4.15. The molecule has 2 rings (SSSR count). The molecule has 1 unspecified atom stereocenters. The maximum absolute atomic E-state index is 11.7. The van der Waals surface area contributed by atoms with Crippen LogP contribution in [0.4, 0.5) is 23.6 Å². The molecule has 1 atom stereocenters. The number of halogens is 6. The average molecular weight is 381 g/mol. The molecule has 1 aromatic rings. The third kappa shape index (κ3) is 3.28. The Morgan fingerprint density at radius 1 is 1.05 bits per heavy atom. The molecular weight excluding hydrogens is 369 g/mol. The molecule has 0 bridgehead atoms. The van der Waals surface area contributed by atoms with E-state index in [0.29, 0.717) is 16.6 Å². The molecule has 0 saturated carbocycles. The number of allylic oxidation sites excluding steroid dienone is 1. The zero-order valence-corrected chi connectivity index (χ0v) is 13.2. The van der Waals surface area contributed by atoms with Crippen molar-refractivity contribution in [3.8, 4) is 5.75 Å². The van der Waals surface area contributed by atoms with Gasteiger partial charge < -0.3 is 5.11 Å². The third-order valence-corrected chi connectivity index (χ3v) is 7.52. The molecule has 0 aliphatic carbocycles. The van der Waals surface area contributed by atoms with E-state index in [1.807, 2.05) is 12.1 Å². The number of rotatable bonds is 1. The van der Waals surface area contributed by atoms with Crippen LogP contribution in [0.1, 0.15) is 0 Å². The summed E-state index contributed by atoms with van der Waals surface area (Å²) in [5, 5.41) is 8.94. The summed E-state index contributed by atoms with van der Waals surface area (Å²) in [4.78, 5) is -2.32. The van der Waals surface area contributed by atoms with E-state index in [9.17, 15) is 23.6 Å². The van der Waals surface area contributed by atoms with Crippen LogP contribution in [0.5, 0.6) is 5.75 Å². The van der Waals surface area contributed by atoms with Crippen molar-refractivity contribution in [2.24, 2.45) is 0 Å². The molecule has 0 spiro atoms. The Morgan fingerprint density at radius 2 is 1.50 bits per heavy atom. The van der Waals surface area contributed by atoms with Crippen LogP contribution in [0.2, 0.25) is 0 Å². The molecule has 1 aliphatic rings. The van der Waals surface area contributed by atoms with Crippen molar-refractivity contribution in [1.29, 1.82) is 0 Å². The number of hydrogen-bond acceptors (Lipinski definition) is 1. The van der Waals surface area contributed by atoms with Gasteiger partial charge in [-0.05, 0) is 24.3 Å². The van der Waals surface area contributed by atoms with Crippen LogP contribution >= 0.6 is 0 Å². The van der Waals surface area contributed by atoms with E-state index >= 15 is 0 Å². The molecule has 0 aromatic heterocycles. The average Bonchev–Trinajstić information content (AvgIpc) is 2.37. The molecule has 0 fully saturated rings. The van der Waals surface area contributed by atoms with E-state index in [0.717, 1.165) is 0 Å². The summed E-state index contributed by atoms with van der Waals surface area (Å²) in [6.45, 7) is 0. The summed E-state index contributed by atoms with van der Waals surface area (Å²) in [6.07, 6.45) is 4.32. The molecule has 20 heavy (non-hydrogen) atoms. The van der Waals surface area contributed by atoms with Gasteiger partial charge >= 0.3 is 52.8 Å². The molecule has 1 heterocycles. The number of alkyl halides is 1. The first-order valence-corrected chi connectivity index (χ1v) is 11.4. The molecule has 0 amide bonds. The number of hydrogen-bond donors (Lipinski definition) is 1. The fraction of sp³-hybridized carbons (Fsp3) is 0.273. The van der Waals surface area contributed by atoms with Gasteiger partial charge in [-0.15, -0.1) is 0 Å². The van der Waals surface area contributed by atoms with E-state index in [1.165, 1.54) is 4.90 Å². The van der Waals surface area contributed by atoms with E-state index in [1.54, 1.807) is 12.1 Å². The minimum absolute atomic E-state index is 0.302. The Hall–Kier alpha value is -0.752. The summed E-state index contributed by atoms with van der Waals surface area (Å²) in [5.74, 6) is -1.95. The van der Waals surface area contributed by atoms with Crippen LogP contribution in [-0.4, -0.2) is 36.4 Å². The number of benzene rings is 1. The van der Waals surface area contributed by atoms with Crippen molar-refractivity contribution in [1.82, 2.24) is 0 Å². The normalized spacial score (nSPS) is 25.1. The molecule has 1 nitrogen and oxygen atoms in total. The van der Waals surface area contributed by atoms with Crippen molar-refractivity contribution in [2.75, 3.05) is 12.5 Å². The fourth-order valence-electron chi connectivity index (χ4n) is 1.22. The Kier molecular flexibility index (Phi) is 4.81. The summed E-state index contributed by atoms with van der Waals surface area (Å²) in [5.41, 5.74) is 0. The van der Waals surface area contributed by atoms with Crippen LogP contribution in [0, 0.1) is 0 Å². The maximum atomic E-state index is 11.7. The summed E-state index contributed by atoms with van der Waals surface area (Å²) in [7, 11) is 0.302. The fourth-order valence-corrected chi connectivity index (χ4v) is 3.91. The zero-order valence-electron chi connectivity index (χ0n) is 10.5. The van der Waals surface area contributed by atoms with Gasteiger partial charge in [0.05, 0.1) is 0 Å². The second-order valence-corrected chi connectivity index (χ2v) is 11.7. The molecule has 1 aliphatic heterocycles. The molecular formula is C11H12AsF6OS+. The quantitative estimate of drug-likeness (QED) is 0.443. The van der Waals surface area contributed by atoms with Crippen molar-refractivity contribution in [3.63, 3.8) is 0 Å². The van der Waals surface area contributed by atoms with Crippen molar-refractivity contribution in [2.45, 2.75) is 9.85 Å². The molecule has 1 N–H and O–H groups in total. The van der Waals surface area contributed by atoms with Gasteiger partial charge in [-0.25, -0.2) is 0 Å². The first-order chi connectivity index (χ1) is 8.96. The Bertz CT molecular complexity index is 522. The van der Waals surface area contributed by atoms with Crippen LogP contribution in [0.15, 0.2) is 39.6 Å². The zero-order chi connectivity index (χ0) is 15.7. The number of aromatic hydroxyl groups is 1. The van der Waals surface area contributed by atoms with Gasteiger partial charge in [0.15, 0.2) is 4.90 Å². The summed E-state index contributed by atoms with van der Waals surface area (Å²) >= 11 is -8.02.